The average Bonchev–Trinajstić information content (AvgIpc) is 3.23. The van der Waals surface area contributed by atoms with E-state index in [2.05, 4.69) is 79.7 Å². The predicted octanol–water partition coefficient (Wildman–Crippen LogP) is 13.9. The molecule has 1 rings (SSSR count). The molecule has 1 aromatic carbocycles. The molecule has 62 heavy (non-hydrogen) atoms. The molecule has 0 aromatic heterocycles. The van der Waals surface area contributed by atoms with Crippen LogP contribution >= 0.6 is 0 Å². The van der Waals surface area contributed by atoms with Gasteiger partial charge in [-0.25, -0.2) is 0 Å². The number of hydrogen-bond acceptors (Lipinski definition) is 7. The second-order valence-electron chi connectivity index (χ2n) is 16.8. The van der Waals surface area contributed by atoms with Crippen LogP contribution in [0, 0.1) is 0 Å². The Morgan fingerprint density at radius 3 is 1.13 bits per heavy atom. The summed E-state index contributed by atoms with van der Waals surface area (Å²) in [7, 11) is 4.13. The Bertz CT molecular complexity index is 1220. The van der Waals surface area contributed by atoms with E-state index in [-0.39, 0.29) is 0 Å². The Morgan fingerprint density at radius 2 is 0.774 bits per heavy atom. The molecular weight excluding hydrogens is 779 g/mol. The number of allylic oxidation sites excluding steroid dienone is 8. The molecule has 0 aliphatic rings. The third-order valence-corrected chi connectivity index (χ3v) is 10.5. The molecule has 9 heteroatoms. The number of unbranched alkanes of at least 4 members (excludes halogenated alkanes) is 20. The van der Waals surface area contributed by atoms with E-state index >= 15 is 0 Å². The topological polar surface area (TPSA) is 115 Å². The number of benzene rings is 1. The quantitative estimate of drug-likeness (QED) is 0.0488. The van der Waals surface area contributed by atoms with Crippen LogP contribution in [0.4, 0.5) is 0 Å². The molecule has 354 valence electrons. The zero-order chi connectivity index (χ0) is 44.8. The molecule has 0 radical (unpaired) electrons. The minimum Gasteiger partial charge on any atom is -0.491 e. The number of rotatable bonds is 46. The average molecular weight is 868 g/mol. The second kappa shape index (κ2) is 44.2. The van der Waals surface area contributed by atoms with Gasteiger partial charge in [-0.05, 0) is 122 Å². The number of aliphatic carboxylic acids is 2. The molecule has 0 atom stereocenters. The van der Waals surface area contributed by atoms with Crippen LogP contribution in [0.2, 0.25) is 0 Å². The summed E-state index contributed by atoms with van der Waals surface area (Å²) in [5.74, 6) is 0.254. The van der Waals surface area contributed by atoms with Crippen LogP contribution in [0.1, 0.15) is 185 Å². The fourth-order valence-corrected chi connectivity index (χ4v) is 7.04. The molecule has 9 nitrogen and oxygen atoms in total. The van der Waals surface area contributed by atoms with Crippen molar-refractivity contribution in [2.75, 3.05) is 53.7 Å². The van der Waals surface area contributed by atoms with Crippen molar-refractivity contribution in [1.29, 1.82) is 0 Å². The Morgan fingerprint density at radius 1 is 0.435 bits per heavy atom. The summed E-state index contributed by atoms with van der Waals surface area (Å²) in [4.78, 5) is 23.2. The first-order chi connectivity index (χ1) is 30.4. The molecule has 2 N–H and O–H groups in total. The van der Waals surface area contributed by atoms with Gasteiger partial charge in [-0.3, -0.25) is 9.59 Å². The zero-order valence-corrected chi connectivity index (χ0v) is 39.4. The SMILES string of the molecule is CN(C)Cc1cc(OCCOCCCCCCC/C=C\C/C=C\CCCCCCCC(=O)O)cc(OCCOCCCCCCC/C=C\C/C=C\CCCCCCCC(=O)O)c1. The van der Waals surface area contributed by atoms with Gasteiger partial charge in [-0.1, -0.05) is 126 Å². The highest BCUT2D eigenvalue weighted by molar-refractivity contribution is 5.66. The number of carbonyl (C=O) groups is 2. The van der Waals surface area contributed by atoms with E-state index in [0.717, 1.165) is 127 Å². The lowest BCUT2D eigenvalue weighted by Gasteiger charge is -2.15. The van der Waals surface area contributed by atoms with Gasteiger partial charge in [0.05, 0.1) is 13.2 Å². The molecule has 1 aromatic rings. The van der Waals surface area contributed by atoms with Crippen molar-refractivity contribution >= 4 is 11.9 Å². The fourth-order valence-electron chi connectivity index (χ4n) is 7.04. The third-order valence-electron chi connectivity index (χ3n) is 10.5. The summed E-state index contributed by atoms with van der Waals surface area (Å²) in [5, 5.41) is 17.3. The molecule has 0 aliphatic carbocycles. The van der Waals surface area contributed by atoms with E-state index in [1.54, 1.807) is 0 Å². The normalized spacial score (nSPS) is 12.0. The molecule has 0 spiro atoms. The van der Waals surface area contributed by atoms with E-state index in [1.807, 2.05) is 6.07 Å². The van der Waals surface area contributed by atoms with Crippen LogP contribution in [-0.4, -0.2) is 80.8 Å². The van der Waals surface area contributed by atoms with Crippen LogP contribution < -0.4 is 9.47 Å². The first-order valence-corrected chi connectivity index (χ1v) is 24.6. The molecule has 0 saturated heterocycles. The largest absolute Gasteiger partial charge is 0.491 e. The smallest absolute Gasteiger partial charge is 0.303 e. The number of ether oxygens (including phenoxy) is 4. The van der Waals surface area contributed by atoms with Crippen LogP contribution in [0.15, 0.2) is 66.8 Å². The summed E-state index contributed by atoms with van der Waals surface area (Å²) in [5.41, 5.74) is 1.15. The van der Waals surface area contributed by atoms with Crippen LogP contribution in [0.25, 0.3) is 0 Å². The molecule has 0 aliphatic heterocycles. The summed E-state index contributed by atoms with van der Waals surface area (Å²) in [6.45, 7) is 4.55. The Balaban J connectivity index is 2.01. The van der Waals surface area contributed by atoms with Gasteiger partial charge < -0.3 is 34.1 Å². The molecule has 0 bridgehead atoms. The Labute approximate surface area is 378 Å². The first kappa shape index (κ1) is 56.6. The monoisotopic (exact) mass is 868 g/mol. The van der Waals surface area contributed by atoms with Gasteiger partial charge in [-0.15, -0.1) is 0 Å². The Hall–Kier alpha value is -3.40. The molecule has 0 saturated carbocycles. The first-order valence-electron chi connectivity index (χ1n) is 24.6. The van der Waals surface area contributed by atoms with Gasteiger partial charge in [0.1, 0.15) is 24.7 Å². The van der Waals surface area contributed by atoms with Gasteiger partial charge in [0.25, 0.3) is 0 Å². The highest BCUT2D eigenvalue weighted by Gasteiger charge is 2.06. The van der Waals surface area contributed by atoms with E-state index < -0.39 is 11.9 Å². The van der Waals surface area contributed by atoms with E-state index in [4.69, 9.17) is 29.2 Å². The van der Waals surface area contributed by atoms with E-state index in [0.29, 0.717) is 39.3 Å². The lowest BCUT2D eigenvalue weighted by molar-refractivity contribution is -0.138. The van der Waals surface area contributed by atoms with Crippen molar-refractivity contribution in [1.82, 2.24) is 4.90 Å². The van der Waals surface area contributed by atoms with Gasteiger partial charge >= 0.3 is 11.9 Å². The number of carboxylic acids is 2. The zero-order valence-electron chi connectivity index (χ0n) is 39.4. The summed E-state index contributed by atoms with van der Waals surface area (Å²) in [6, 6.07) is 6.14. The fraction of sp³-hybridized carbons (Fsp3) is 0.698. The lowest BCUT2D eigenvalue weighted by Crippen LogP contribution is -2.12. The number of hydrogen-bond donors (Lipinski definition) is 2. The van der Waals surface area contributed by atoms with Crippen molar-refractivity contribution in [3.63, 3.8) is 0 Å². The lowest BCUT2D eigenvalue weighted by atomic mass is 10.1. The van der Waals surface area contributed by atoms with Crippen molar-refractivity contribution < 1.29 is 38.7 Å². The minimum absolute atomic E-state index is 0.302. The molecule has 0 heterocycles. The summed E-state index contributed by atoms with van der Waals surface area (Å²) >= 11 is 0. The number of nitrogens with zero attached hydrogens (tertiary/aromatic N) is 1. The van der Waals surface area contributed by atoms with Gasteiger partial charge in [0.2, 0.25) is 0 Å². The summed E-state index contributed by atoms with van der Waals surface area (Å²) in [6.07, 6.45) is 48.2. The van der Waals surface area contributed by atoms with Gasteiger partial charge in [0, 0.05) is 38.7 Å². The second-order valence-corrected chi connectivity index (χ2v) is 16.8. The Kier molecular flexibility index (Phi) is 40.4. The molecule has 0 unspecified atom stereocenters. The highest BCUT2D eigenvalue weighted by Crippen LogP contribution is 2.24. The maximum Gasteiger partial charge on any atom is 0.303 e. The van der Waals surface area contributed by atoms with Crippen molar-refractivity contribution in [2.45, 2.75) is 186 Å². The van der Waals surface area contributed by atoms with E-state index in [1.165, 1.54) is 77.0 Å². The maximum absolute atomic E-state index is 10.5. The van der Waals surface area contributed by atoms with Crippen molar-refractivity contribution in [2.24, 2.45) is 0 Å². The summed E-state index contributed by atoms with van der Waals surface area (Å²) < 4.78 is 23.9. The van der Waals surface area contributed by atoms with E-state index in [9.17, 15) is 9.59 Å². The van der Waals surface area contributed by atoms with Crippen molar-refractivity contribution in [3.05, 3.63) is 72.4 Å². The van der Waals surface area contributed by atoms with Gasteiger partial charge in [-0.2, -0.15) is 0 Å². The number of carboxylic acid groups (broad SMARTS) is 2. The minimum atomic E-state index is -0.684. The molecular formula is C53H89NO8. The molecule has 0 fully saturated rings. The van der Waals surface area contributed by atoms with Crippen LogP contribution in [0.5, 0.6) is 11.5 Å². The van der Waals surface area contributed by atoms with Crippen molar-refractivity contribution in [3.8, 4) is 11.5 Å². The predicted molar refractivity (Wildman–Crippen MR) is 258 cm³/mol. The highest BCUT2D eigenvalue weighted by atomic mass is 16.5. The third kappa shape index (κ3) is 41.9. The maximum atomic E-state index is 10.5. The van der Waals surface area contributed by atoms with Crippen LogP contribution in [-0.2, 0) is 25.6 Å². The van der Waals surface area contributed by atoms with Crippen LogP contribution in [0.3, 0.4) is 0 Å². The standard InChI is InChI=1S/C53H89NO8/c1-54(2)48-49-45-50(61-43-41-59-39-35-31-27-23-19-15-11-7-3-5-9-13-17-21-25-29-33-37-52(55)56)47-51(46-49)62-44-42-60-40-36-32-28-24-20-16-12-8-4-6-10-14-18-22-26-30-34-38-53(57)58/h5-12,45-47H,3-4,13-44,48H2,1-2H3,(H,55,56)(H,57,58)/b9-5-,10-6-,11-7-,12-8-. The molecule has 0 amide bonds. The van der Waals surface area contributed by atoms with Gasteiger partial charge in [0.15, 0.2) is 0 Å².